The van der Waals surface area contributed by atoms with Crippen LogP contribution in [-0.2, 0) is 7.05 Å². The summed E-state index contributed by atoms with van der Waals surface area (Å²) >= 11 is 6.18. The van der Waals surface area contributed by atoms with Gasteiger partial charge in [-0.3, -0.25) is 4.68 Å². The summed E-state index contributed by atoms with van der Waals surface area (Å²) in [5.41, 5.74) is 7.97. The molecule has 160 valence electrons. The van der Waals surface area contributed by atoms with E-state index in [1.54, 1.807) is 0 Å². The van der Waals surface area contributed by atoms with Crippen LogP contribution in [0.4, 0.5) is 5.69 Å². The van der Waals surface area contributed by atoms with Crippen molar-refractivity contribution in [1.82, 2.24) is 14.9 Å². The van der Waals surface area contributed by atoms with Crippen molar-refractivity contribution in [2.24, 2.45) is 7.05 Å². The van der Waals surface area contributed by atoms with E-state index in [2.05, 4.69) is 49.1 Å². The second-order valence-corrected chi connectivity index (χ2v) is 8.37. The topological polar surface area (TPSA) is 55.9 Å². The molecule has 0 saturated heterocycles. The first-order chi connectivity index (χ1) is 14.9. The Hall–Kier alpha value is -3.05. The number of allylic oxidation sites excluding steroid dienone is 1. The molecule has 2 aromatic heterocycles. The van der Waals surface area contributed by atoms with Crippen molar-refractivity contribution in [3.8, 4) is 0 Å². The fraction of sp³-hybridized carbons (Fsp3) is 0.280. The Morgan fingerprint density at radius 1 is 1.19 bits per heavy atom. The molecule has 2 aromatic carbocycles. The van der Waals surface area contributed by atoms with Gasteiger partial charge in [0.15, 0.2) is 5.58 Å². The van der Waals surface area contributed by atoms with Gasteiger partial charge in [0.2, 0.25) is 0 Å². The lowest BCUT2D eigenvalue weighted by atomic mass is 9.93. The number of nitrogens with one attached hydrogen (secondary N) is 1. The quantitative estimate of drug-likeness (QED) is 0.345. The van der Waals surface area contributed by atoms with Crippen LogP contribution in [0.1, 0.15) is 54.0 Å². The van der Waals surface area contributed by atoms with Crippen molar-refractivity contribution in [2.45, 2.75) is 39.7 Å². The van der Waals surface area contributed by atoms with E-state index in [0.717, 1.165) is 63.3 Å². The molecule has 0 fully saturated rings. The number of aromatic nitrogens is 3. The van der Waals surface area contributed by atoms with Gasteiger partial charge >= 0.3 is 0 Å². The molecule has 6 heteroatoms. The number of hydrogen-bond acceptors (Lipinski definition) is 4. The summed E-state index contributed by atoms with van der Waals surface area (Å²) in [7, 11) is 1.98. The fourth-order valence-corrected chi connectivity index (χ4v) is 4.07. The molecule has 0 spiro atoms. The molecule has 4 aromatic rings. The summed E-state index contributed by atoms with van der Waals surface area (Å²) in [6.07, 6.45) is 1.93. The van der Waals surface area contributed by atoms with Gasteiger partial charge in [0.25, 0.3) is 0 Å². The maximum absolute atomic E-state index is 6.18. The number of fused-ring (bicyclic) bond motifs is 1. The highest BCUT2D eigenvalue weighted by atomic mass is 35.5. The van der Waals surface area contributed by atoms with Gasteiger partial charge in [-0.05, 0) is 61.7 Å². The van der Waals surface area contributed by atoms with E-state index >= 15 is 0 Å². The van der Waals surface area contributed by atoms with Crippen molar-refractivity contribution >= 4 is 33.8 Å². The number of anilines is 1. The number of nitrogens with zero attached hydrogens (tertiary/aromatic N) is 3. The lowest BCUT2D eigenvalue weighted by Gasteiger charge is -2.22. The number of halogens is 1. The minimum atomic E-state index is -0.118. The van der Waals surface area contributed by atoms with Crippen LogP contribution < -0.4 is 5.32 Å². The van der Waals surface area contributed by atoms with Crippen molar-refractivity contribution in [1.29, 1.82) is 0 Å². The molecule has 0 radical (unpaired) electrons. The summed E-state index contributed by atoms with van der Waals surface area (Å²) in [4.78, 5) is 0. The van der Waals surface area contributed by atoms with E-state index in [1.807, 2.05) is 42.9 Å². The molecule has 4 rings (SSSR count). The van der Waals surface area contributed by atoms with E-state index in [9.17, 15) is 0 Å². The van der Waals surface area contributed by atoms with Crippen LogP contribution in [0.25, 0.3) is 16.5 Å². The molecule has 31 heavy (non-hydrogen) atoms. The first-order valence-electron chi connectivity index (χ1n) is 10.5. The standard InChI is InChI=1S/C25H27ClN4O/c1-6-7-15(2)24-23(17(4)30(5)28-24)25(18-8-10-19(26)11-9-18)27-20-12-13-22-21(14-20)16(3)29-31-22/h8-14,25,27H,2,6-7H2,1,3-5H3. The van der Waals surface area contributed by atoms with Gasteiger partial charge < -0.3 is 9.84 Å². The van der Waals surface area contributed by atoms with E-state index in [4.69, 9.17) is 21.2 Å². The van der Waals surface area contributed by atoms with Crippen LogP contribution in [0.5, 0.6) is 0 Å². The summed E-state index contributed by atoms with van der Waals surface area (Å²) in [6.45, 7) is 10.5. The Labute approximate surface area is 187 Å². The molecule has 0 amide bonds. The summed E-state index contributed by atoms with van der Waals surface area (Å²) < 4.78 is 7.31. The minimum Gasteiger partial charge on any atom is -0.374 e. The van der Waals surface area contributed by atoms with Gasteiger partial charge in [0.1, 0.15) is 0 Å². The molecule has 5 nitrogen and oxygen atoms in total. The Morgan fingerprint density at radius 2 is 1.94 bits per heavy atom. The van der Waals surface area contributed by atoms with Crippen molar-refractivity contribution in [3.05, 3.63) is 82.3 Å². The monoisotopic (exact) mass is 434 g/mol. The predicted molar refractivity (Wildman–Crippen MR) is 128 cm³/mol. The summed E-state index contributed by atoms with van der Waals surface area (Å²) in [6, 6.07) is 13.9. The van der Waals surface area contributed by atoms with Crippen molar-refractivity contribution in [3.63, 3.8) is 0 Å². The van der Waals surface area contributed by atoms with E-state index < -0.39 is 0 Å². The largest absolute Gasteiger partial charge is 0.374 e. The Kier molecular flexibility index (Phi) is 5.88. The zero-order valence-corrected chi connectivity index (χ0v) is 19.1. The fourth-order valence-electron chi connectivity index (χ4n) is 3.94. The van der Waals surface area contributed by atoms with Crippen LogP contribution in [0.2, 0.25) is 5.02 Å². The lowest BCUT2D eigenvalue weighted by Crippen LogP contribution is -2.15. The number of hydrogen-bond donors (Lipinski definition) is 1. The molecule has 0 saturated carbocycles. The first-order valence-corrected chi connectivity index (χ1v) is 10.9. The summed E-state index contributed by atoms with van der Waals surface area (Å²) in [5.74, 6) is 0. The normalized spacial score (nSPS) is 12.3. The molecule has 1 unspecified atom stereocenters. The maximum Gasteiger partial charge on any atom is 0.167 e. The highest BCUT2D eigenvalue weighted by Crippen LogP contribution is 2.36. The summed E-state index contributed by atoms with van der Waals surface area (Å²) in [5, 5.41) is 14.3. The Balaban J connectivity index is 1.84. The molecule has 1 atom stereocenters. The SMILES string of the molecule is C=C(CCC)c1nn(C)c(C)c1C(Nc1ccc2onc(C)c2c1)c1ccc(Cl)cc1. The Morgan fingerprint density at radius 3 is 2.65 bits per heavy atom. The second kappa shape index (κ2) is 8.60. The van der Waals surface area contributed by atoms with Crippen molar-refractivity contribution in [2.75, 3.05) is 5.32 Å². The number of rotatable bonds is 7. The van der Waals surface area contributed by atoms with Crippen LogP contribution in [0.15, 0.2) is 53.6 Å². The van der Waals surface area contributed by atoms with E-state index in [-0.39, 0.29) is 6.04 Å². The van der Waals surface area contributed by atoms with E-state index in [0.29, 0.717) is 5.02 Å². The van der Waals surface area contributed by atoms with Gasteiger partial charge in [0, 0.05) is 34.4 Å². The minimum absolute atomic E-state index is 0.118. The van der Waals surface area contributed by atoms with Gasteiger partial charge in [-0.2, -0.15) is 5.10 Å². The zero-order valence-electron chi connectivity index (χ0n) is 18.4. The molecule has 1 N–H and O–H groups in total. The second-order valence-electron chi connectivity index (χ2n) is 7.93. The third-order valence-electron chi connectivity index (χ3n) is 5.72. The zero-order chi connectivity index (χ0) is 22.1. The molecule has 2 heterocycles. The molecule has 0 aliphatic heterocycles. The highest BCUT2D eigenvalue weighted by molar-refractivity contribution is 6.30. The molecule has 0 aliphatic carbocycles. The van der Waals surface area contributed by atoms with Gasteiger partial charge in [-0.1, -0.05) is 48.8 Å². The number of aryl methyl sites for hydroxylation is 2. The molecule has 0 aliphatic rings. The Bertz CT molecular complexity index is 1240. The van der Waals surface area contributed by atoms with Crippen molar-refractivity contribution < 1.29 is 4.52 Å². The van der Waals surface area contributed by atoms with Crippen LogP contribution >= 0.6 is 11.6 Å². The maximum atomic E-state index is 6.18. The van der Waals surface area contributed by atoms with E-state index in [1.165, 1.54) is 0 Å². The first kappa shape index (κ1) is 21.2. The molecular weight excluding hydrogens is 408 g/mol. The van der Waals surface area contributed by atoms with Gasteiger partial charge in [0.05, 0.1) is 17.4 Å². The highest BCUT2D eigenvalue weighted by Gasteiger charge is 2.25. The third-order valence-corrected chi connectivity index (χ3v) is 5.97. The average molecular weight is 435 g/mol. The smallest absolute Gasteiger partial charge is 0.167 e. The van der Waals surface area contributed by atoms with Crippen LogP contribution in [-0.4, -0.2) is 14.9 Å². The van der Waals surface area contributed by atoms with Gasteiger partial charge in [-0.25, -0.2) is 0 Å². The third kappa shape index (κ3) is 4.10. The predicted octanol–water partition coefficient (Wildman–Crippen LogP) is 6.85. The van der Waals surface area contributed by atoms with Crippen LogP contribution in [0, 0.1) is 13.8 Å². The lowest BCUT2D eigenvalue weighted by molar-refractivity contribution is 0.450. The average Bonchev–Trinajstić information content (AvgIpc) is 3.27. The van der Waals surface area contributed by atoms with Crippen LogP contribution in [0.3, 0.4) is 0 Å². The van der Waals surface area contributed by atoms with Gasteiger partial charge in [-0.15, -0.1) is 0 Å². The molecular formula is C25H27ClN4O. The number of benzene rings is 2. The molecule has 0 bridgehead atoms.